The van der Waals surface area contributed by atoms with E-state index >= 15 is 0 Å². The number of nitrogens with one attached hydrogen (secondary N) is 1. The molecule has 4 rings (SSSR count). The van der Waals surface area contributed by atoms with Gasteiger partial charge in [0.15, 0.2) is 0 Å². The second-order valence-electron chi connectivity index (χ2n) is 9.05. The van der Waals surface area contributed by atoms with Crippen LogP contribution in [0.1, 0.15) is 67.1 Å². The highest BCUT2D eigenvalue weighted by atomic mass is 16.1. The molecule has 166 valence electrons. The zero-order valence-corrected chi connectivity index (χ0v) is 19.2. The highest BCUT2D eigenvalue weighted by Crippen LogP contribution is 2.38. The molecule has 2 heterocycles. The van der Waals surface area contributed by atoms with Crippen LogP contribution < -0.4 is 5.32 Å². The van der Waals surface area contributed by atoms with Crippen molar-refractivity contribution >= 4 is 5.91 Å². The summed E-state index contributed by atoms with van der Waals surface area (Å²) in [6.45, 7) is 6.75. The molecule has 1 aliphatic rings. The van der Waals surface area contributed by atoms with Crippen LogP contribution in [0.25, 0.3) is 11.1 Å². The first-order valence-electron chi connectivity index (χ1n) is 11.6. The maximum absolute atomic E-state index is 12.7. The molecule has 1 N–H and O–H groups in total. The summed E-state index contributed by atoms with van der Waals surface area (Å²) in [7, 11) is 0. The Morgan fingerprint density at radius 2 is 1.72 bits per heavy atom. The van der Waals surface area contributed by atoms with E-state index in [2.05, 4.69) is 46.5 Å². The molecule has 1 amide bonds. The summed E-state index contributed by atoms with van der Waals surface area (Å²) < 4.78 is 0. The summed E-state index contributed by atoms with van der Waals surface area (Å²) in [5.41, 5.74) is 5.67. The van der Waals surface area contributed by atoms with E-state index in [1.807, 2.05) is 44.6 Å². The molecule has 1 aromatic carbocycles. The molecule has 3 aromatic rings. The fourth-order valence-electron chi connectivity index (χ4n) is 4.60. The van der Waals surface area contributed by atoms with Crippen LogP contribution in [-0.4, -0.2) is 27.4 Å². The molecule has 1 atom stereocenters. The Hall–Kier alpha value is -3.08. The van der Waals surface area contributed by atoms with Crippen molar-refractivity contribution in [3.8, 4) is 11.1 Å². The lowest BCUT2D eigenvalue weighted by atomic mass is 9.79. The number of aryl methyl sites for hydroxylation is 2. The van der Waals surface area contributed by atoms with Crippen LogP contribution in [0.4, 0.5) is 0 Å². The number of carbonyl (C=O) groups excluding carboxylic acids is 1. The van der Waals surface area contributed by atoms with Gasteiger partial charge in [0.2, 0.25) is 5.91 Å². The number of carbonyl (C=O) groups is 1. The summed E-state index contributed by atoms with van der Waals surface area (Å²) >= 11 is 0. The fraction of sp³-hybridized carbons (Fsp3) is 0.407. The van der Waals surface area contributed by atoms with Crippen LogP contribution in [0.2, 0.25) is 0 Å². The van der Waals surface area contributed by atoms with Gasteiger partial charge in [0.25, 0.3) is 0 Å². The number of benzene rings is 1. The second-order valence-corrected chi connectivity index (χ2v) is 9.05. The van der Waals surface area contributed by atoms with Crippen molar-refractivity contribution in [2.24, 2.45) is 5.92 Å². The number of nitrogens with zero attached hydrogens (tertiary/aromatic N) is 3. The molecule has 0 spiro atoms. The highest BCUT2D eigenvalue weighted by Gasteiger charge is 2.26. The van der Waals surface area contributed by atoms with Crippen molar-refractivity contribution in [2.45, 2.75) is 58.3 Å². The first kappa shape index (κ1) is 22.1. The molecule has 32 heavy (non-hydrogen) atoms. The van der Waals surface area contributed by atoms with Crippen LogP contribution in [0.3, 0.4) is 0 Å². The van der Waals surface area contributed by atoms with Gasteiger partial charge >= 0.3 is 0 Å². The Bertz CT molecular complexity index is 1040. The molecular weight excluding hydrogens is 396 g/mol. The minimum atomic E-state index is -0.126. The lowest BCUT2D eigenvalue weighted by Gasteiger charge is -2.29. The smallest absolute Gasteiger partial charge is 0.227 e. The van der Waals surface area contributed by atoms with Crippen molar-refractivity contribution in [3.05, 3.63) is 77.6 Å². The first-order chi connectivity index (χ1) is 15.5. The Labute approximate surface area is 190 Å². The van der Waals surface area contributed by atoms with E-state index in [-0.39, 0.29) is 11.8 Å². The van der Waals surface area contributed by atoms with Gasteiger partial charge in [-0.1, -0.05) is 29.8 Å². The van der Waals surface area contributed by atoms with Crippen molar-refractivity contribution in [3.63, 3.8) is 0 Å². The van der Waals surface area contributed by atoms with Gasteiger partial charge in [-0.05, 0) is 75.6 Å². The summed E-state index contributed by atoms with van der Waals surface area (Å²) in [4.78, 5) is 26.1. The lowest BCUT2D eigenvalue weighted by Crippen LogP contribution is -2.33. The van der Waals surface area contributed by atoms with Gasteiger partial charge in [-0.15, -0.1) is 0 Å². The van der Waals surface area contributed by atoms with E-state index in [4.69, 9.17) is 4.98 Å². The standard InChI is InChI=1S/C27H32N4O/c1-18-4-8-22(9-5-18)19(2)27(32)30-16-21-6-10-24(11-7-21)26-25(17-29-20(3)31-26)23-12-14-28-15-13-23/h4-5,8-9,12-15,17,19,21,24H,6-7,10-11,16H2,1-3H3,(H,30,32). The Kier molecular flexibility index (Phi) is 6.93. The molecule has 5 heteroatoms. The van der Waals surface area contributed by atoms with E-state index in [0.717, 1.165) is 60.4 Å². The van der Waals surface area contributed by atoms with Crippen LogP contribution in [0, 0.1) is 19.8 Å². The Balaban J connectivity index is 1.34. The second kappa shape index (κ2) is 10.0. The van der Waals surface area contributed by atoms with E-state index in [1.165, 1.54) is 5.56 Å². The third kappa shape index (κ3) is 5.21. The van der Waals surface area contributed by atoms with Crippen LogP contribution in [0.5, 0.6) is 0 Å². The maximum atomic E-state index is 12.7. The predicted octanol–water partition coefficient (Wildman–Crippen LogP) is 5.35. The van der Waals surface area contributed by atoms with Crippen molar-refractivity contribution in [1.29, 1.82) is 0 Å². The van der Waals surface area contributed by atoms with Gasteiger partial charge in [-0.2, -0.15) is 0 Å². The number of rotatable bonds is 6. The average molecular weight is 429 g/mol. The SMILES string of the molecule is Cc1ccc(C(C)C(=O)NCC2CCC(c3nc(C)ncc3-c3ccncc3)CC2)cc1. The number of hydrogen-bond acceptors (Lipinski definition) is 4. The van der Waals surface area contributed by atoms with Crippen LogP contribution >= 0.6 is 0 Å². The van der Waals surface area contributed by atoms with E-state index in [1.54, 1.807) is 0 Å². The van der Waals surface area contributed by atoms with Gasteiger partial charge in [0, 0.05) is 36.6 Å². The molecular formula is C27H32N4O. The minimum absolute atomic E-state index is 0.113. The molecule has 0 saturated heterocycles. The molecule has 1 fully saturated rings. The van der Waals surface area contributed by atoms with E-state index in [9.17, 15) is 4.79 Å². The monoisotopic (exact) mass is 428 g/mol. The third-order valence-electron chi connectivity index (χ3n) is 6.70. The van der Waals surface area contributed by atoms with Gasteiger partial charge in [0.05, 0.1) is 11.6 Å². The largest absolute Gasteiger partial charge is 0.355 e. The van der Waals surface area contributed by atoms with Gasteiger partial charge in [0.1, 0.15) is 5.82 Å². The number of aromatic nitrogens is 3. The Morgan fingerprint density at radius 1 is 1.03 bits per heavy atom. The van der Waals surface area contributed by atoms with Gasteiger partial charge in [-0.3, -0.25) is 9.78 Å². The number of pyridine rings is 1. The molecule has 0 bridgehead atoms. The highest BCUT2D eigenvalue weighted by molar-refractivity contribution is 5.83. The summed E-state index contributed by atoms with van der Waals surface area (Å²) in [5, 5.41) is 3.19. The van der Waals surface area contributed by atoms with E-state index < -0.39 is 0 Å². The number of hydrogen-bond donors (Lipinski definition) is 1. The summed E-state index contributed by atoms with van der Waals surface area (Å²) in [5.74, 6) is 1.75. The maximum Gasteiger partial charge on any atom is 0.227 e. The zero-order valence-electron chi connectivity index (χ0n) is 19.2. The van der Waals surface area contributed by atoms with E-state index in [0.29, 0.717) is 11.8 Å². The zero-order chi connectivity index (χ0) is 22.5. The molecule has 5 nitrogen and oxygen atoms in total. The normalized spacial score (nSPS) is 19.3. The van der Waals surface area contributed by atoms with Crippen molar-refractivity contribution < 1.29 is 4.79 Å². The van der Waals surface area contributed by atoms with Gasteiger partial charge in [-0.25, -0.2) is 9.97 Å². The van der Waals surface area contributed by atoms with Gasteiger partial charge < -0.3 is 5.32 Å². The summed E-state index contributed by atoms with van der Waals surface area (Å²) in [6.07, 6.45) is 9.95. The lowest BCUT2D eigenvalue weighted by molar-refractivity contribution is -0.122. The summed E-state index contributed by atoms with van der Waals surface area (Å²) in [6, 6.07) is 12.3. The van der Waals surface area contributed by atoms with Crippen molar-refractivity contribution in [1.82, 2.24) is 20.3 Å². The predicted molar refractivity (Wildman–Crippen MR) is 127 cm³/mol. The molecule has 2 aromatic heterocycles. The average Bonchev–Trinajstić information content (AvgIpc) is 2.83. The molecule has 0 aliphatic heterocycles. The molecule has 0 radical (unpaired) electrons. The first-order valence-corrected chi connectivity index (χ1v) is 11.6. The molecule has 1 aliphatic carbocycles. The molecule has 1 unspecified atom stereocenters. The van der Waals surface area contributed by atoms with Crippen molar-refractivity contribution in [2.75, 3.05) is 6.54 Å². The minimum Gasteiger partial charge on any atom is -0.355 e. The Morgan fingerprint density at radius 3 is 2.41 bits per heavy atom. The fourth-order valence-corrected chi connectivity index (χ4v) is 4.60. The quantitative estimate of drug-likeness (QED) is 0.575. The van der Waals surface area contributed by atoms with Crippen LogP contribution in [-0.2, 0) is 4.79 Å². The topological polar surface area (TPSA) is 67.8 Å². The van der Waals surface area contributed by atoms with Crippen LogP contribution in [0.15, 0.2) is 55.0 Å². The third-order valence-corrected chi connectivity index (χ3v) is 6.70. The number of amides is 1. The molecule has 1 saturated carbocycles.